The molecule has 0 spiro atoms. The lowest BCUT2D eigenvalue weighted by Crippen LogP contribution is -2.41. The summed E-state index contributed by atoms with van der Waals surface area (Å²) in [4.78, 5) is 37.3. The largest absolute Gasteiger partial charge is 0.497 e. The minimum atomic E-state index is -4.72. The number of nitrogens with zero attached hydrogens (tertiary/aromatic N) is 5. The minimum absolute atomic E-state index is 0.0437. The third kappa shape index (κ3) is 9.92. The van der Waals surface area contributed by atoms with E-state index < -0.39 is 23.7 Å². The third-order valence-corrected chi connectivity index (χ3v) is 9.91. The zero-order chi connectivity index (χ0) is 43.1. The van der Waals surface area contributed by atoms with Crippen LogP contribution in [0.5, 0.6) is 17.4 Å². The van der Waals surface area contributed by atoms with Crippen LogP contribution in [0.1, 0.15) is 15.9 Å². The molecule has 3 amide bonds. The summed E-state index contributed by atoms with van der Waals surface area (Å²) in [7, 11) is 1.59. The molecule has 1 aliphatic rings. The SMILES string of the molecule is COc1ccc(-n2nc(-c3ccccc3)cc2NC(=O)Nc2ccc(Oc3ccnc(Nc4cc(C(=O)NCCN5CCOCC5)cc(C(F)(F)F)c4)n3)c3ccccc23)cc1. The fraction of sp³-hybridized carbons (Fsp3) is 0.178. The number of hydrogen-bond acceptors (Lipinski definition) is 10. The van der Waals surface area contributed by atoms with Crippen LogP contribution in [-0.4, -0.2) is 83.1 Å². The standard InChI is InChI=1S/C45H40F3N9O5/c1-60-34-13-11-33(12-14-34)57-40(28-38(55-57)29-7-3-2-4-8-29)53-44(59)52-37-15-16-39(36-10-6-5-9-35(36)37)62-41-17-18-50-43(54-41)51-32-26-30(25-31(27-32)45(46,47)48)42(58)49-19-20-56-21-23-61-24-22-56/h2-18,25-28H,19-24H2,1H3,(H,49,58)(H,50,51,54)(H2,52,53,59). The fourth-order valence-electron chi connectivity index (χ4n) is 6.83. The van der Waals surface area contributed by atoms with Gasteiger partial charge in [-0.1, -0.05) is 54.6 Å². The maximum atomic E-state index is 14.0. The van der Waals surface area contributed by atoms with Crippen LogP contribution in [0, 0.1) is 0 Å². The Kier molecular flexibility index (Phi) is 12.2. The first-order chi connectivity index (χ1) is 30.1. The molecule has 7 aromatic rings. The molecule has 5 aromatic carbocycles. The van der Waals surface area contributed by atoms with Crippen LogP contribution in [-0.2, 0) is 10.9 Å². The molecule has 0 unspecified atom stereocenters. The Bertz CT molecular complexity index is 2690. The van der Waals surface area contributed by atoms with Crippen molar-refractivity contribution in [2.24, 2.45) is 0 Å². The number of aromatic nitrogens is 4. The summed E-state index contributed by atoms with van der Waals surface area (Å²) in [5.74, 6) is 0.855. The number of urea groups is 1. The molecule has 0 bridgehead atoms. The van der Waals surface area contributed by atoms with E-state index in [0.29, 0.717) is 78.0 Å². The average molecular weight is 844 g/mol. The molecule has 2 aromatic heterocycles. The number of carbonyl (C=O) groups is 2. The molecular formula is C45H40F3N9O5. The van der Waals surface area contributed by atoms with Crippen molar-refractivity contribution in [1.29, 1.82) is 0 Å². The van der Waals surface area contributed by atoms with Crippen LogP contribution in [0.15, 0.2) is 128 Å². The summed E-state index contributed by atoms with van der Waals surface area (Å²) in [6.45, 7) is 3.40. The summed E-state index contributed by atoms with van der Waals surface area (Å²) >= 11 is 0. The first-order valence-corrected chi connectivity index (χ1v) is 19.6. The number of ether oxygens (including phenoxy) is 3. The zero-order valence-electron chi connectivity index (χ0n) is 33.3. The highest BCUT2D eigenvalue weighted by molar-refractivity contribution is 6.07. The van der Waals surface area contributed by atoms with Gasteiger partial charge in [-0.3, -0.25) is 15.0 Å². The number of morpholine rings is 1. The second-order valence-corrected chi connectivity index (χ2v) is 14.1. The van der Waals surface area contributed by atoms with Gasteiger partial charge in [0.15, 0.2) is 0 Å². The normalized spacial score (nSPS) is 13.0. The molecule has 8 rings (SSSR count). The zero-order valence-corrected chi connectivity index (χ0v) is 33.3. The van der Waals surface area contributed by atoms with Crippen LogP contribution in [0.25, 0.3) is 27.7 Å². The fourth-order valence-corrected chi connectivity index (χ4v) is 6.83. The molecule has 14 nitrogen and oxygen atoms in total. The number of nitrogens with one attached hydrogen (secondary N) is 4. The van der Waals surface area contributed by atoms with Crippen molar-refractivity contribution in [3.63, 3.8) is 0 Å². The van der Waals surface area contributed by atoms with E-state index in [0.717, 1.165) is 17.7 Å². The minimum Gasteiger partial charge on any atom is -0.497 e. The molecule has 1 fully saturated rings. The molecular weight excluding hydrogens is 804 g/mol. The molecule has 3 heterocycles. The van der Waals surface area contributed by atoms with Crippen LogP contribution in [0.3, 0.4) is 0 Å². The van der Waals surface area contributed by atoms with Crippen molar-refractivity contribution in [3.05, 3.63) is 139 Å². The van der Waals surface area contributed by atoms with Gasteiger partial charge in [-0.15, -0.1) is 0 Å². The summed E-state index contributed by atoms with van der Waals surface area (Å²) in [6.07, 6.45) is -3.33. The second kappa shape index (κ2) is 18.4. The van der Waals surface area contributed by atoms with Gasteiger partial charge >= 0.3 is 12.2 Å². The summed E-state index contributed by atoms with van der Waals surface area (Å²) in [6, 6.07) is 33.3. The molecule has 0 aliphatic carbocycles. The number of rotatable bonds is 13. The number of anilines is 4. The molecule has 1 saturated heterocycles. The Morgan fingerprint density at radius 2 is 1.60 bits per heavy atom. The van der Waals surface area contributed by atoms with Crippen molar-refractivity contribution in [2.45, 2.75) is 6.18 Å². The lowest BCUT2D eigenvalue weighted by atomic mass is 10.1. The maximum Gasteiger partial charge on any atom is 0.416 e. The predicted octanol–water partition coefficient (Wildman–Crippen LogP) is 8.75. The van der Waals surface area contributed by atoms with Crippen LogP contribution in [0.4, 0.5) is 41.1 Å². The van der Waals surface area contributed by atoms with Crippen molar-refractivity contribution in [3.8, 4) is 34.3 Å². The number of amides is 3. The van der Waals surface area contributed by atoms with E-state index in [1.54, 1.807) is 42.1 Å². The molecule has 1 aliphatic heterocycles. The van der Waals surface area contributed by atoms with Gasteiger partial charge in [0.05, 0.1) is 43.0 Å². The number of halogens is 3. The predicted molar refractivity (Wildman–Crippen MR) is 229 cm³/mol. The van der Waals surface area contributed by atoms with E-state index in [-0.39, 0.29) is 29.6 Å². The van der Waals surface area contributed by atoms with Crippen LogP contribution < -0.4 is 30.7 Å². The van der Waals surface area contributed by atoms with Gasteiger partial charge in [-0.25, -0.2) is 14.5 Å². The second-order valence-electron chi connectivity index (χ2n) is 14.1. The number of carbonyl (C=O) groups excluding carboxylic acids is 2. The number of hydrogen-bond donors (Lipinski definition) is 4. The number of benzene rings is 5. The first kappa shape index (κ1) is 41.2. The number of alkyl halides is 3. The van der Waals surface area contributed by atoms with Gasteiger partial charge in [-0.05, 0) is 54.6 Å². The first-order valence-electron chi connectivity index (χ1n) is 19.6. The van der Waals surface area contributed by atoms with Crippen LogP contribution in [0.2, 0.25) is 0 Å². The Hall–Kier alpha value is -7.50. The lowest BCUT2D eigenvalue weighted by Gasteiger charge is -2.26. The smallest absolute Gasteiger partial charge is 0.416 e. The third-order valence-electron chi connectivity index (χ3n) is 9.91. The summed E-state index contributed by atoms with van der Waals surface area (Å²) < 4.78 is 60.4. The maximum absolute atomic E-state index is 14.0. The van der Waals surface area contributed by atoms with Gasteiger partial charge in [0.2, 0.25) is 11.8 Å². The van der Waals surface area contributed by atoms with E-state index in [4.69, 9.17) is 19.3 Å². The van der Waals surface area contributed by atoms with E-state index in [9.17, 15) is 22.8 Å². The van der Waals surface area contributed by atoms with Crippen molar-refractivity contribution in [1.82, 2.24) is 30.0 Å². The van der Waals surface area contributed by atoms with Gasteiger partial charge in [0, 0.05) is 72.1 Å². The Morgan fingerprint density at radius 1 is 0.839 bits per heavy atom. The lowest BCUT2D eigenvalue weighted by molar-refractivity contribution is -0.137. The molecule has 0 radical (unpaired) electrons. The van der Waals surface area contributed by atoms with Gasteiger partial charge in [0.1, 0.15) is 17.3 Å². The van der Waals surface area contributed by atoms with E-state index in [1.165, 1.54) is 18.3 Å². The Labute approximate surface area is 353 Å². The highest BCUT2D eigenvalue weighted by Crippen LogP contribution is 2.36. The summed E-state index contributed by atoms with van der Waals surface area (Å²) in [5.41, 5.74) is 1.49. The molecule has 17 heteroatoms. The monoisotopic (exact) mass is 843 g/mol. The quantitative estimate of drug-likeness (QED) is 0.0885. The van der Waals surface area contributed by atoms with E-state index >= 15 is 0 Å². The van der Waals surface area contributed by atoms with Gasteiger partial charge in [0.25, 0.3) is 5.91 Å². The average Bonchev–Trinajstić information content (AvgIpc) is 3.71. The highest BCUT2D eigenvalue weighted by Gasteiger charge is 2.32. The van der Waals surface area contributed by atoms with E-state index in [2.05, 4.69) is 36.1 Å². The summed E-state index contributed by atoms with van der Waals surface area (Å²) in [5, 5.41) is 17.5. The van der Waals surface area contributed by atoms with Crippen molar-refractivity contribution < 1.29 is 37.0 Å². The molecule has 0 saturated carbocycles. The van der Waals surface area contributed by atoms with E-state index in [1.807, 2.05) is 66.7 Å². The number of fused-ring (bicyclic) bond motifs is 1. The number of methoxy groups -OCH3 is 1. The van der Waals surface area contributed by atoms with Gasteiger partial charge < -0.3 is 30.2 Å². The Morgan fingerprint density at radius 3 is 2.35 bits per heavy atom. The highest BCUT2D eigenvalue weighted by atomic mass is 19.4. The molecule has 4 N–H and O–H groups in total. The van der Waals surface area contributed by atoms with Crippen molar-refractivity contribution >= 4 is 45.9 Å². The Balaban J connectivity index is 0.982. The molecule has 62 heavy (non-hydrogen) atoms. The topological polar surface area (TPSA) is 157 Å². The van der Waals surface area contributed by atoms with Crippen molar-refractivity contribution in [2.75, 3.05) is 62.5 Å². The molecule has 0 atom stereocenters. The van der Waals surface area contributed by atoms with Crippen LogP contribution >= 0.6 is 0 Å². The molecule has 316 valence electrons. The van der Waals surface area contributed by atoms with Gasteiger partial charge in [-0.2, -0.15) is 23.3 Å².